The van der Waals surface area contributed by atoms with Crippen molar-refractivity contribution in [2.45, 2.75) is 25.8 Å². The third-order valence-corrected chi connectivity index (χ3v) is 3.12. The van der Waals surface area contributed by atoms with Gasteiger partial charge in [0.2, 0.25) is 0 Å². The Balaban J connectivity index is 1.98. The van der Waals surface area contributed by atoms with Crippen LogP contribution in [0.15, 0.2) is 18.2 Å². The molecule has 0 radical (unpaired) electrons. The van der Waals surface area contributed by atoms with Crippen LogP contribution in [0.1, 0.15) is 18.4 Å². The maximum atomic E-state index is 10.6. The summed E-state index contributed by atoms with van der Waals surface area (Å²) in [5.41, 5.74) is 2.04. The molecular formula is C12H17N3O2. The lowest BCUT2D eigenvalue weighted by atomic mass is 10.1. The van der Waals surface area contributed by atoms with Gasteiger partial charge in [-0.25, -0.2) is 0 Å². The summed E-state index contributed by atoms with van der Waals surface area (Å²) in [5.74, 6) is 0. The average Bonchev–Trinajstić information content (AvgIpc) is 2.80. The first-order valence-corrected chi connectivity index (χ1v) is 5.89. The molecule has 1 aliphatic heterocycles. The van der Waals surface area contributed by atoms with Crippen LogP contribution in [0, 0.1) is 17.0 Å². The van der Waals surface area contributed by atoms with E-state index in [1.807, 2.05) is 6.92 Å². The van der Waals surface area contributed by atoms with Gasteiger partial charge in [0.1, 0.15) is 0 Å². The first-order valence-electron chi connectivity index (χ1n) is 5.89. The lowest BCUT2D eigenvalue weighted by Gasteiger charge is -2.14. The van der Waals surface area contributed by atoms with Crippen LogP contribution in [0.4, 0.5) is 11.4 Å². The predicted octanol–water partition coefficient (Wildman–Crippen LogP) is 2.07. The van der Waals surface area contributed by atoms with E-state index >= 15 is 0 Å². The van der Waals surface area contributed by atoms with Gasteiger partial charge in [0, 0.05) is 30.4 Å². The van der Waals surface area contributed by atoms with Crippen molar-refractivity contribution in [3.05, 3.63) is 33.9 Å². The largest absolute Gasteiger partial charge is 0.383 e. The van der Waals surface area contributed by atoms with Crippen molar-refractivity contribution in [1.82, 2.24) is 5.32 Å². The van der Waals surface area contributed by atoms with E-state index < -0.39 is 0 Å². The Kier molecular flexibility index (Phi) is 3.58. The topological polar surface area (TPSA) is 67.2 Å². The number of benzene rings is 1. The van der Waals surface area contributed by atoms with Gasteiger partial charge in [0.05, 0.1) is 4.92 Å². The Hall–Kier alpha value is -1.62. The van der Waals surface area contributed by atoms with Gasteiger partial charge >= 0.3 is 0 Å². The van der Waals surface area contributed by atoms with Crippen molar-refractivity contribution in [2.75, 3.05) is 18.4 Å². The molecule has 2 N–H and O–H groups in total. The van der Waals surface area contributed by atoms with Gasteiger partial charge in [0.15, 0.2) is 0 Å². The van der Waals surface area contributed by atoms with E-state index in [0.717, 1.165) is 24.3 Å². The van der Waals surface area contributed by atoms with Crippen LogP contribution in [0.2, 0.25) is 0 Å². The van der Waals surface area contributed by atoms with Crippen molar-refractivity contribution < 1.29 is 4.92 Å². The number of aryl methyl sites for hydroxylation is 1. The van der Waals surface area contributed by atoms with E-state index in [1.54, 1.807) is 12.1 Å². The molecule has 0 aliphatic carbocycles. The lowest BCUT2D eigenvalue weighted by molar-refractivity contribution is -0.384. The first-order chi connectivity index (χ1) is 8.16. The molecule has 1 atom stereocenters. The molecule has 1 aliphatic rings. The van der Waals surface area contributed by atoms with Crippen LogP contribution in [-0.2, 0) is 0 Å². The minimum atomic E-state index is -0.366. The zero-order valence-corrected chi connectivity index (χ0v) is 9.90. The van der Waals surface area contributed by atoms with Crippen molar-refractivity contribution in [2.24, 2.45) is 0 Å². The van der Waals surface area contributed by atoms with E-state index in [1.165, 1.54) is 18.9 Å². The zero-order valence-electron chi connectivity index (χ0n) is 9.90. The lowest BCUT2D eigenvalue weighted by Crippen LogP contribution is -2.29. The molecule has 5 nitrogen and oxygen atoms in total. The summed E-state index contributed by atoms with van der Waals surface area (Å²) in [7, 11) is 0. The molecule has 1 heterocycles. The van der Waals surface area contributed by atoms with Gasteiger partial charge in [-0.3, -0.25) is 10.1 Å². The molecule has 5 heteroatoms. The highest BCUT2D eigenvalue weighted by Crippen LogP contribution is 2.21. The second-order valence-corrected chi connectivity index (χ2v) is 4.43. The molecule has 92 valence electrons. The van der Waals surface area contributed by atoms with Crippen molar-refractivity contribution in [3.63, 3.8) is 0 Å². The van der Waals surface area contributed by atoms with Crippen LogP contribution < -0.4 is 10.6 Å². The van der Waals surface area contributed by atoms with Crippen molar-refractivity contribution in [3.8, 4) is 0 Å². The Morgan fingerprint density at radius 1 is 1.59 bits per heavy atom. The van der Waals surface area contributed by atoms with Gasteiger partial charge in [0.25, 0.3) is 5.69 Å². The third kappa shape index (κ3) is 2.94. The summed E-state index contributed by atoms with van der Waals surface area (Å²) in [6.07, 6.45) is 2.42. The van der Waals surface area contributed by atoms with Crippen molar-refractivity contribution >= 4 is 11.4 Å². The molecule has 2 rings (SSSR count). The second kappa shape index (κ2) is 5.14. The molecule has 1 unspecified atom stereocenters. The highest BCUT2D eigenvalue weighted by atomic mass is 16.6. The van der Waals surface area contributed by atoms with Crippen molar-refractivity contribution in [1.29, 1.82) is 0 Å². The van der Waals surface area contributed by atoms with Gasteiger partial charge in [-0.1, -0.05) is 0 Å². The Morgan fingerprint density at radius 3 is 3.00 bits per heavy atom. The monoisotopic (exact) mass is 235 g/mol. The molecule has 1 aromatic carbocycles. The van der Waals surface area contributed by atoms with Crippen LogP contribution in [0.3, 0.4) is 0 Å². The van der Waals surface area contributed by atoms with Crippen LogP contribution in [-0.4, -0.2) is 24.1 Å². The first kappa shape index (κ1) is 11.9. The van der Waals surface area contributed by atoms with E-state index in [2.05, 4.69) is 10.6 Å². The Bertz CT molecular complexity index is 414. The van der Waals surface area contributed by atoms with Gasteiger partial charge in [-0.2, -0.15) is 0 Å². The fourth-order valence-electron chi connectivity index (χ4n) is 2.12. The highest BCUT2D eigenvalue weighted by Gasteiger charge is 2.14. The molecule has 1 saturated heterocycles. The quantitative estimate of drug-likeness (QED) is 0.619. The summed E-state index contributed by atoms with van der Waals surface area (Å²) in [6, 6.07) is 5.44. The molecule has 0 saturated carbocycles. The van der Waals surface area contributed by atoms with Crippen LogP contribution in [0.5, 0.6) is 0 Å². The van der Waals surface area contributed by atoms with Crippen LogP contribution in [0.25, 0.3) is 0 Å². The van der Waals surface area contributed by atoms with Gasteiger partial charge in [-0.05, 0) is 37.9 Å². The average molecular weight is 235 g/mol. The number of nitro benzene ring substituents is 1. The SMILES string of the molecule is Cc1cc([N+](=O)[O-])ccc1NCC1CCCN1. The minimum Gasteiger partial charge on any atom is -0.383 e. The number of nitro groups is 1. The van der Waals surface area contributed by atoms with E-state index in [4.69, 9.17) is 0 Å². The normalized spacial score (nSPS) is 19.2. The number of nitrogens with zero attached hydrogens (tertiary/aromatic N) is 1. The number of rotatable bonds is 4. The number of hydrogen-bond acceptors (Lipinski definition) is 4. The summed E-state index contributed by atoms with van der Waals surface area (Å²) in [6.45, 7) is 3.85. The maximum absolute atomic E-state index is 10.6. The molecule has 0 aromatic heterocycles. The van der Waals surface area contributed by atoms with E-state index in [9.17, 15) is 10.1 Å². The zero-order chi connectivity index (χ0) is 12.3. The fraction of sp³-hybridized carbons (Fsp3) is 0.500. The number of non-ortho nitro benzene ring substituents is 1. The Labute approximate surface area is 100 Å². The van der Waals surface area contributed by atoms with Crippen LogP contribution >= 0.6 is 0 Å². The maximum Gasteiger partial charge on any atom is 0.269 e. The third-order valence-electron chi connectivity index (χ3n) is 3.12. The molecule has 0 spiro atoms. The smallest absolute Gasteiger partial charge is 0.269 e. The molecule has 1 aromatic rings. The molecule has 1 fully saturated rings. The second-order valence-electron chi connectivity index (χ2n) is 4.43. The molecule has 0 bridgehead atoms. The number of anilines is 1. The fourth-order valence-corrected chi connectivity index (χ4v) is 2.12. The molecular weight excluding hydrogens is 218 g/mol. The minimum absolute atomic E-state index is 0.145. The molecule has 0 amide bonds. The molecule has 17 heavy (non-hydrogen) atoms. The predicted molar refractivity (Wildman–Crippen MR) is 67.3 cm³/mol. The summed E-state index contributed by atoms with van der Waals surface area (Å²) >= 11 is 0. The number of hydrogen-bond donors (Lipinski definition) is 2. The summed E-state index contributed by atoms with van der Waals surface area (Å²) < 4.78 is 0. The van der Waals surface area contributed by atoms with E-state index in [-0.39, 0.29) is 10.6 Å². The number of nitrogens with one attached hydrogen (secondary N) is 2. The standard InChI is InChI=1S/C12H17N3O2/c1-9-7-11(15(16)17)4-5-12(9)14-8-10-3-2-6-13-10/h4-5,7,10,13-14H,2-3,6,8H2,1H3. The summed E-state index contributed by atoms with van der Waals surface area (Å²) in [4.78, 5) is 10.2. The van der Waals surface area contributed by atoms with E-state index in [0.29, 0.717) is 6.04 Å². The van der Waals surface area contributed by atoms with Gasteiger partial charge < -0.3 is 10.6 Å². The summed E-state index contributed by atoms with van der Waals surface area (Å²) in [5, 5.41) is 17.3. The Morgan fingerprint density at radius 2 is 2.41 bits per heavy atom. The van der Waals surface area contributed by atoms with Gasteiger partial charge in [-0.15, -0.1) is 0 Å². The highest BCUT2D eigenvalue weighted by molar-refractivity contribution is 5.55.